The number of hydrogen-bond acceptors (Lipinski definition) is 5. The minimum atomic E-state index is -0.682. The van der Waals surface area contributed by atoms with E-state index in [9.17, 15) is 14.4 Å². The van der Waals surface area contributed by atoms with E-state index in [0.29, 0.717) is 12.1 Å². The Hall–Kier alpha value is -3.35. The molecule has 1 fully saturated rings. The first-order valence-electron chi connectivity index (χ1n) is 8.74. The van der Waals surface area contributed by atoms with Crippen molar-refractivity contribution in [1.82, 2.24) is 0 Å². The van der Waals surface area contributed by atoms with Gasteiger partial charge >= 0.3 is 5.97 Å². The molecule has 7 nitrogen and oxygen atoms in total. The van der Waals surface area contributed by atoms with Crippen LogP contribution in [0, 0.1) is 0 Å². The van der Waals surface area contributed by atoms with Crippen molar-refractivity contribution in [2.24, 2.45) is 5.73 Å². The van der Waals surface area contributed by atoms with Crippen LogP contribution in [0.15, 0.2) is 54.6 Å². The van der Waals surface area contributed by atoms with Crippen molar-refractivity contribution in [3.05, 3.63) is 54.6 Å². The van der Waals surface area contributed by atoms with E-state index in [1.165, 1.54) is 4.90 Å². The minimum Gasteiger partial charge on any atom is -0.464 e. The van der Waals surface area contributed by atoms with Gasteiger partial charge in [0.05, 0.1) is 6.61 Å². The first kappa shape index (κ1) is 18.4. The smallest absolute Gasteiger partial charge is 0.329 e. The van der Waals surface area contributed by atoms with Crippen LogP contribution in [-0.2, 0) is 19.1 Å². The standard InChI is InChI=1S/C20H21N3O4/c21-18(24)10-11-19(25)23(17-12-13-27-20(17)26)16-8-6-15(7-9-16)22-14-4-2-1-3-5-14/h1-9,17,22H,10-13H2,(H2,21,24)/t17-/m0/s1. The minimum absolute atomic E-state index is 0.0525. The molecule has 2 amide bonds. The Morgan fingerprint density at radius 3 is 2.30 bits per heavy atom. The second-order valence-corrected chi connectivity index (χ2v) is 6.24. The summed E-state index contributed by atoms with van der Waals surface area (Å²) in [6.45, 7) is 0.275. The fourth-order valence-electron chi connectivity index (χ4n) is 2.96. The number of nitrogens with two attached hydrogens (primary N) is 1. The topological polar surface area (TPSA) is 102 Å². The molecule has 1 saturated heterocycles. The van der Waals surface area contributed by atoms with Crippen LogP contribution in [0.3, 0.4) is 0 Å². The average molecular weight is 367 g/mol. The molecule has 0 aliphatic carbocycles. The van der Waals surface area contributed by atoms with Gasteiger partial charge in [-0.25, -0.2) is 4.79 Å². The first-order valence-corrected chi connectivity index (χ1v) is 8.74. The van der Waals surface area contributed by atoms with Gasteiger partial charge in [-0.05, 0) is 36.4 Å². The monoisotopic (exact) mass is 367 g/mol. The van der Waals surface area contributed by atoms with Gasteiger partial charge in [0, 0.05) is 36.3 Å². The number of nitrogens with zero attached hydrogens (tertiary/aromatic N) is 1. The van der Waals surface area contributed by atoms with E-state index in [4.69, 9.17) is 10.5 Å². The number of benzene rings is 2. The Kier molecular flexibility index (Phi) is 5.71. The summed E-state index contributed by atoms with van der Waals surface area (Å²) >= 11 is 0. The third kappa shape index (κ3) is 4.63. The molecule has 3 rings (SSSR count). The highest BCUT2D eigenvalue weighted by atomic mass is 16.5. The zero-order valence-electron chi connectivity index (χ0n) is 14.8. The molecule has 1 heterocycles. The lowest BCUT2D eigenvalue weighted by molar-refractivity contribution is -0.140. The summed E-state index contributed by atoms with van der Waals surface area (Å²) in [6, 6.07) is 16.2. The van der Waals surface area contributed by atoms with E-state index in [2.05, 4.69) is 5.32 Å². The SMILES string of the molecule is NC(=O)CCC(=O)N(c1ccc(Nc2ccccc2)cc1)[C@H]1CCOC1=O. The number of hydrogen-bond donors (Lipinski definition) is 2. The number of ether oxygens (including phenoxy) is 1. The van der Waals surface area contributed by atoms with E-state index in [1.54, 1.807) is 12.1 Å². The van der Waals surface area contributed by atoms with E-state index in [1.807, 2.05) is 42.5 Å². The second kappa shape index (κ2) is 8.35. The van der Waals surface area contributed by atoms with Crippen LogP contribution in [0.1, 0.15) is 19.3 Å². The van der Waals surface area contributed by atoms with Crippen molar-refractivity contribution in [2.75, 3.05) is 16.8 Å². The van der Waals surface area contributed by atoms with Gasteiger partial charge in [-0.3, -0.25) is 14.5 Å². The van der Waals surface area contributed by atoms with Gasteiger partial charge in [0.25, 0.3) is 0 Å². The number of carbonyl (C=O) groups is 3. The van der Waals surface area contributed by atoms with E-state index in [0.717, 1.165) is 11.4 Å². The molecule has 0 bridgehead atoms. The zero-order valence-corrected chi connectivity index (χ0v) is 14.8. The highest BCUT2D eigenvalue weighted by molar-refractivity contribution is 6.01. The summed E-state index contributed by atoms with van der Waals surface area (Å²) in [7, 11) is 0. The van der Waals surface area contributed by atoms with Crippen molar-refractivity contribution < 1.29 is 19.1 Å². The Morgan fingerprint density at radius 2 is 1.70 bits per heavy atom. The van der Waals surface area contributed by atoms with Crippen molar-refractivity contribution in [3.63, 3.8) is 0 Å². The number of primary amides is 1. The zero-order chi connectivity index (χ0) is 19.2. The van der Waals surface area contributed by atoms with Gasteiger partial charge < -0.3 is 15.8 Å². The molecule has 0 unspecified atom stereocenters. The highest BCUT2D eigenvalue weighted by Gasteiger charge is 2.36. The Bertz CT molecular complexity index is 821. The number of carbonyl (C=O) groups excluding carboxylic acids is 3. The number of amides is 2. The van der Waals surface area contributed by atoms with Gasteiger partial charge in [-0.15, -0.1) is 0 Å². The quantitative estimate of drug-likeness (QED) is 0.732. The van der Waals surface area contributed by atoms with Crippen LogP contribution in [0.25, 0.3) is 0 Å². The summed E-state index contributed by atoms with van der Waals surface area (Å²) < 4.78 is 5.01. The molecule has 0 aromatic heterocycles. The van der Waals surface area contributed by atoms with Crippen LogP contribution in [0.5, 0.6) is 0 Å². The number of cyclic esters (lactones) is 1. The van der Waals surface area contributed by atoms with Gasteiger partial charge in [-0.1, -0.05) is 18.2 Å². The number of para-hydroxylation sites is 1. The summed E-state index contributed by atoms with van der Waals surface area (Å²) in [4.78, 5) is 37.1. The van der Waals surface area contributed by atoms with Gasteiger partial charge in [-0.2, -0.15) is 0 Å². The lowest BCUT2D eigenvalue weighted by Crippen LogP contribution is -2.43. The van der Waals surface area contributed by atoms with Gasteiger partial charge in [0.15, 0.2) is 0 Å². The highest BCUT2D eigenvalue weighted by Crippen LogP contribution is 2.26. The third-order valence-corrected chi connectivity index (χ3v) is 4.28. The van der Waals surface area contributed by atoms with E-state index < -0.39 is 17.9 Å². The molecule has 27 heavy (non-hydrogen) atoms. The maximum atomic E-state index is 12.7. The fourth-order valence-corrected chi connectivity index (χ4v) is 2.96. The van der Waals surface area contributed by atoms with Crippen LogP contribution >= 0.6 is 0 Å². The second-order valence-electron chi connectivity index (χ2n) is 6.24. The molecule has 7 heteroatoms. The van der Waals surface area contributed by atoms with Gasteiger partial charge in [0.1, 0.15) is 6.04 Å². The maximum Gasteiger partial charge on any atom is 0.329 e. The Morgan fingerprint density at radius 1 is 1.04 bits per heavy atom. The lowest BCUT2D eigenvalue weighted by atomic mass is 10.1. The van der Waals surface area contributed by atoms with Crippen LogP contribution < -0.4 is 16.0 Å². The fraction of sp³-hybridized carbons (Fsp3) is 0.250. The number of anilines is 3. The molecule has 2 aromatic rings. The summed E-state index contributed by atoms with van der Waals surface area (Å²) in [6.07, 6.45) is 0.305. The van der Waals surface area contributed by atoms with Crippen molar-refractivity contribution in [3.8, 4) is 0 Å². The molecular formula is C20H21N3O4. The summed E-state index contributed by atoms with van der Waals surface area (Å²) in [5, 5.41) is 3.26. The summed E-state index contributed by atoms with van der Waals surface area (Å²) in [5.41, 5.74) is 7.51. The number of nitrogens with one attached hydrogen (secondary N) is 1. The van der Waals surface area contributed by atoms with Crippen LogP contribution in [0.2, 0.25) is 0 Å². The molecule has 0 radical (unpaired) electrons. The molecule has 0 spiro atoms. The summed E-state index contributed by atoms with van der Waals surface area (Å²) in [5.74, 6) is -1.32. The molecule has 1 atom stereocenters. The lowest BCUT2D eigenvalue weighted by Gasteiger charge is -2.26. The predicted octanol–water partition coefficient (Wildman–Crippen LogP) is 2.34. The van der Waals surface area contributed by atoms with E-state index >= 15 is 0 Å². The number of rotatable bonds is 7. The van der Waals surface area contributed by atoms with Crippen LogP contribution in [-0.4, -0.2) is 30.4 Å². The average Bonchev–Trinajstić information content (AvgIpc) is 3.08. The molecule has 3 N–H and O–H groups in total. The first-order chi connectivity index (χ1) is 13.0. The van der Waals surface area contributed by atoms with Crippen molar-refractivity contribution >= 4 is 34.8 Å². The molecular weight excluding hydrogens is 346 g/mol. The molecule has 0 saturated carbocycles. The predicted molar refractivity (Wildman–Crippen MR) is 101 cm³/mol. The number of esters is 1. The Labute approximate surface area is 157 Å². The molecule has 2 aromatic carbocycles. The largest absolute Gasteiger partial charge is 0.464 e. The van der Waals surface area contributed by atoms with E-state index in [-0.39, 0.29) is 25.4 Å². The van der Waals surface area contributed by atoms with Crippen molar-refractivity contribution in [1.29, 1.82) is 0 Å². The molecule has 140 valence electrons. The Balaban J connectivity index is 1.80. The maximum absolute atomic E-state index is 12.7. The molecule has 1 aliphatic rings. The van der Waals surface area contributed by atoms with Gasteiger partial charge in [0.2, 0.25) is 11.8 Å². The van der Waals surface area contributed by atoms with Crippen molar-refractivity contribution in [2.45, 2.75) is 25.3 Å². The van der Waals surface area contributed by atoms with Crippen LogP contribution in [0.4, 0.5) is 17.1 Å². The normalized spacial score (nSPS) is 15.9. The third-order valence-electron chi connectivity index (χ3n) is 4.28. The molecule has 1 aliphatic heterocycles.